The summed E-state index contributed by atoms with van der Waals surface area (Å²) >= 11 is 1.76. The quantitative estimate of drug-likeness (QED) is 0.526. The lowest BCUT2D eigenvalue weighted by molar-refractivity contribution is 0.411. The van der Waals surface area contributed by atoms with Crippen LogP contribution in [0.15, 0.2) is 28.6 Å². The molecule has 1 fully saturated rings. The molecule has 1 aromatic carbocycles. The zero-order chi connectivity index (χ0) is 19.8. The predicted molar refractivity (Wildman–Crippen MR) is 118 cm³/mol. The number of anilines is 1. The maximum atomic E-state index is 5.40. The van der Waals surface area contributed by atoms with Crippen LogP contribution >= 0.6 is 11.3 Å². The highest BCUT2D eigenvalue weighted by atomic mass is 32.1. The first-order chi connectivity index (χ1) is 13.7. The van der Waals surface area contributed by atoms with Gasteiger partial charge < -0.3 is 20.3 Å². The number of benzene rings is 1. The van der Waals surface area contributed by atoms with Crippen molar-refractivity contribution in [3.63, 3.8) is 0 Å². The van der Waals surface area contributed by atoms with Gasteiger partial charge in [0.25, 0.3) is 0 Å². The summed E-state index contributed by atoms with van der Waals surface area (Å²) in [5.41, 5.74) is 3.57. The standard InChI is InChI=1S/C21H31N5OS/c1-16-6-7-17(14-19(16)27-3)8-10-23-20(22-2)24-11-9-18-15-28-21(25-18)26-12-4-5-13-26/h6-7,14-15H,4-5,8-13H2,1-3H3,(H2,22,23,24). The molecular weight excluding hydrogens is 370 g/mol. The fourth-order valence-corrected chi connectivity index (χ4v) is 4.25. The van der Waals surface area contributed by atoms with E-state index >= 15 is 0 Å². The number of methoxy groups -OCH3 is 1. The van der Waals surface area contributed by atoms with Crippen LogP contribution in [0.25, 0.3) is 0 Å². The first-order valence-electron chi connectivity index (χ1n) is 9.97. The maximum absolute atomic E-state index is 5.40. The lowest BCUT2D eigenvalue weighted by Gasteiger charge is -2.13. The van der Waals surface area contributed by atoms with Gasteiger partial charge in [-0.3, -0.25) is 4.99 Å². The lowest BCUT2D eigenvalue weighted by atomic mass is 10.1. The second kappa shape index (κ2) is 10.3. The molecule has 0 bridgehead atoms. The Labute approximate surface area is 172 Å². The summed E-state index contributed by atoms with van der Waals surface area (Å²) in [4.78, 5) is 11.5. The Bertz CT molecular complexity index is 783. The van der Waals surface area contributed by atoms with Gasteiger partial charge in [0.1, 0.15) is 5.75 Å². The van der Waals surface area contributed by atoms with E-state index in [1.807, 2.05) is 0 Å². The zero-order valence-electron chi connectivity index (χ0n) is 17.1. The number of aliphatic imine (C=N–C) groups is 1. The molecule has 0 radical (unpaired) electrons. The van der Waals surface area contributed by atoms with Crippen molar-refractivity contribution >= 4 is 22.4 Å². The van der Waals surface area contributed by atoms with Crippen molar-refractivity contribution in [2.75, 3.05) is 45.2 Å². The van der Waals surface area contributed by atoms with Gasteiger partial charge in [0.2, 0.25) is 0 Å². The van der Waals surface area contributed by atoms with E-state index < -0.39 is 0 Å². The number of nitrogens with zero attached hydrogens (tertiary/aromatic N) is 3. The van der Waals surface area contributed by atoms with Gasteiger partial charge >= 0.3 is 0 Å². The Hall–Kier alpha value is -2.28. The minimum Gasteiger partial charge on any atom is -0.496 e. The van der Waals surface area contributed by atoms with Crippen molar-refractivity contribution < 1.29 is 4.74 Å². The molecule has 3 rings (SSSR count). The zero-order valence-corrected chi connectivity index (χ0v) is 17.9. The molecule has 1 aromatic heterocycles. The third-order valence-electron chi connectivity index (χ3n) is 4.99. The van der Waals surface area contributed by atoms with Crippen molar-refractivity contribution in [2.45, 2.75) is 32.6 Å². The summed E-state index contributed by atoms with van der Waals surface area (Å²) in [6.07, 6.45) is 4.39. The van der Waals surface area contributed by atoms with Gasteiger partial charge in [-0.05, 0) is 43.4 Å². The van der Waals surface area contributed by atoms with Crippen molar-refractivity contribution in [3.05, 3.63) is 40.4 Å². The van der Waals surface area contributed by atoms with Crippen LogP contribution in [0.2, 0.25) is 0 Å². The number of ether oxygens (including phenoxy) is 1. The molecule has 2 heterocycles. The number of aromatic nitrogens is 1. The summed E-state index contributed by atoms with van der Waals surface area (Å²) in [7, 11) is 3.52. The average Bonchev–Trinajstić information content (AvgIpc) is 3.39. The van der Waals surface area contributed by atoms with Crippen molar-refractivity contribution in [2.24, 2.45) is 4.99 Å². The van der Waals surface area contributed by atoms with Crippen LogP contribution < -0.4 is 20.3 Å². The molecule has 7 heteroatoms. The highest BCUT2D eigenvalue weighted by Gasteiger charge is 2.15. The maximum Gasteiger partial charge on any atom is 0.190 e. The first kappa shape index (κ1) is 20.5. The average molecular weight is 402 g/mol. The number of rotatable bonds is 8. The van der Waals surface area contributed by atoms with E-state index in [9.17, 15) is 0 Å². The molecule has 0 amide bonds. The molecule has 0 atom stereocenters. The minimum atomic E-state index is 0.821. The Morgan fingerprint density at radius 2 is 1.96 bits per heavy atom. The summed E-state index contributed by atoms with van der Waals surface area (Å²) in [5, 5.41) is 10.1. The van der Waals surface area contributed by atoms with E-state index in [0.29, 0.717) is 0 Å². The molecule has 1 saturated heterocycles. The third kappa shape index (κ3) is 5.61. The number of aryl methyl sites for hydroxylation is 1. The Morgan fingerprint density at radius 3 is 2.68 bits per heavy atom. The first-order valence-corrected chi connectivity index (χ1v) is 10.8. The van der Waals surface area contributed by atoms with Crippen LogP contribution in [0.3, 0.4) is 0 Å². The normalized spacial score (nSPS) is 14.4. The largest absolute Gasteiger partial charge is 0.496 e. The van der Waals surface area contributed by atoms with E-state index in [2.05, 4.69) is 51.0 Å². The summed E-state index contributed by atoms with van der Waals surface area (Å²) in [5.74, 6) is 1.77. The van der Waals surface area contributed by atoms with Crippen LogP contribution in [-0.4, -0.2) is 51.3 Å². The van der Waals surface area contributed by atoms with Gasteiger partial charge in [-0.1, -0.05) is 12.1 Å². The lowest BCUT2D eigenvalue weighted by Crippen LogP contribution is -2.39. The van der Waals surface area contributed by atoms with Crippen LogP contribution in [0, 0.1) is 6.92 Å². The Balaban J connectivity index is 1.39. The molecule has 28 heavy (non-hydrogen) atoms. The van der Waals surface area contributed by atoms with Gasteiger partial charge in [-0.15, -0.1) is 11.3 Å². The van der Waals surface area contributed by atoms with Crippen molar-refractivity contribution in [3.8, 4) is 5.75 Å². The molecule has 2 aromatic rings. The van der Waals surface area contributed by atoms with Crippen molar-refractivity contribution in [1.29, 1.82) is 0 Å². The number of hydrogen-bond acceptors (Lipinski definition) is 5. The fourth-order valence-electron chi connectivity index (χ4n) is 3.34. The predicted octanol–water partition coefficient (Wildman–Crippen LogP) is 3.01. The Morgan fingerprint density at radius 1 is 1.21 bits per heavy atom. The van der Waals surface area contributed by atoms with Gasteiger partial charge in [0, 0.05) is 45.0 Å². The van der Waals surface area contributed by atoms with Gasteiger partial charge in [-0.25, -0.2) is 4.98 Å². The van der Waals surface area contributed by atoms with Crippen molar-refractivity contribution in [1.82, 2.24) is 15.6 Å². The topological polar surface area (TPSA) is 61.8 Å². The SMILES string of the molecule is CN=C(NCCc1ccc(C)c(OC)c1)NCCc1csc(N2CCCC2)n1. The minimum absolute atomic E-state index is 0.821. The molecule has 0 aliphatic carbocycles. The second-order valence-electron chi connectivity index (χ2n) is 7.05. The molecular formula is C21H31N5OS. The van der Waals surface area contributed by atoms with Gasteiger partial charge in [0.05, 0.1) is 12.8 Å². The molecule has 152 valence electrons. The van der Waals surface area contributed by atoms with E-state index in [0.717, 1.165) is 62.0 Å². The van der Waals surface area contributed by atoms with Crippen LogP contribution in [0.5, 0.6) is 5.75 Å². The smallest absolute Gasteiger partial charge is 0.190 e. The van der Waals surface area contributed by atoms with E-state index in [-0.39, 0.29) is 0 Å². The highest BCUT2D eigenvalue weighted by Crippen LogP contribution is 2.24. The summed E-state index contributed by atoms with van der Waals surface area (Å²) in [6.45, 7) is 6.00. The monoisotopic (exact) mass is 401 g/mol. The molecule has 0 saturated carbocycles. The van der Waals surface area contributed by atoms with Gasteiger partial charge in [-0.2, -0.15) is 0 Å². The van der Waals surface area contributed by atoms with Crippen LogP contribution in [0.4, 0.5) is 5.13 Å². The fraction of sp³-hybridized carbons (Fsp3) is 0.524. The number of hydrogen-bond donors (Lipinski definition) is 2. The Kier molecular flexibility index (Phi) is 7.54. The van der Waals surface area contributed by atoms with Crippen LogP contribution in [0.1, 0.15) is 29.7 Å². The number of guanidine groups is 1. The molecule has 0 spiro atoms. The summed E-state index contributed by atoms with van der Waals surface area (Å²) in [6, 6.07) is 6.36. The van der Waals surface area contributed by atoms with E-state index in [1.54, 1.807) is 25.5 Å². The van der Waals surface area contributed by atoms with E-state index in [1.165, 1.54) is 23.5 Å². The number of nitrogens with one attached hydrogen (secondary N) is 2. The van der Waals surface area contributed by atoms with Gasteiger partial charge in [0.15, 0.2) is 11.1 Å². The molecule has 0 unspecified atom stereocenters. The number of thiazole rings is 1. The molecule has 2 N–H and O–H groups in total. The third-order valence-corrected chi connectivity index (χ3v) is 5.94. The van der Waals surface area contributed by atoms with Crippen LogP contribution in [-0.2, 0) is 12.8 Å². The molecule has 1 aliphatic rings. The molecule has 1 aliphatic heterocycles. The molecule has 6 nitrogen and oxygen atoms in total. The van der Waals surface area contributed by atoms with E-state index in [4.69, 9.17) is 9.72 Å². The highest BCUT2D eigenvalue weighted by molar-refractivity contribution is 7.13. The second-order valence-corrected chi connectivity index (χ2v) is 7.88. The summed E-state index contributed by atoms with van der Waals surface area (Å²) < 4.78 is 5.40.